The van der Waals surface area contributed by atoms with Crippen LogP contribution >= 0.6 is 0 Å². The van der Waals surface area contributed by atoms with Gasteiger partial charge < -0.3 is 29.9 Å². The first-order valence-electron chi connectivity index (χ1n) is 12.6. The van der Waals surface area contributed by atoms with Gasteiger partial charge in [0.2, 0.25) is 0 Å². The summed E-state index contributed by atoms with van der Waals surface area (Å²) in [6.45, 7) is 3.02. The summed E-state index contributed by atoms with van der Waals surface area (Å²) in [5.74, 6) is -6.63. The minimum atomic E-state index is -2.74. The molecule has 4 N–H and O–H groups in total. The van der Waals surface area contributed by atoms with E-state index in [4.69, 9.17) is 20.4 Å². The molecule has 0 spiro atoms. The van der Waals surface area contributed by atoms with Crippen molar-refractivity contribution >= 4 is 23.6 Å². The Labute approximate surface area is 235 Å². The number of carbonyl (C=O) groups is 3. The molecule has 0 aliphatic heterocycles. The van der Waals surface area contributed by atoms with E-state index in [1.165, 1.54) is 17.7 Å². The van der Waals surface area contributed by atoms with Gasteiger partial charge in [-0.25, -0.2) is 18.6 Å². The van der Waals surface area contributed by atoms with Gasteiger partial charge in [0.1, 0.15) is 0 Å². The van der Waals surface area contributed by atoms with Gasteiger partial charge in [0.15, 0.2) is 17.2 Å². The summed E-state index contributed by atoms with van der Waals surface area (Å²) in [7, 11) is 4.03. The molecule has 0 fully saturated rings. The van der Waals surface area contributed by atoms with E-state index in [9.17, 15) is 23.2 Å². The molecule has 0 radical (unpaired) electrons. The molecular weight excluding hydrogens is 542 g/mol. The van der Waals surface area contributed by atoms with Crippen molar-refractivity contribution in [2.45, 2.75) is 44.5 Å². The average molecular weight is 577 g/mol. The second-order valence-electron chi connectivity index (χ2n) is 9.65. The van der Waals surface area contributed by atoms with Crippen LogP contribution in [-0.4, -0.2) is 79.0 Å². The molecular formula is C28H34F2N4O7. The molecule has 0 unspecified atom stereocenters. The van der Waals surface area contributed by atoms with Gasteiger partial charge in [0.05, 0.1) is 19.2 Å². The molecule has 1 aromatic heterocycles. The molecule has 41 heavy (non-hydrogen) atoms. The number of imidazole rings is 1. The van der Waals surface area contributed by atoms with Gasteiger partial charge in [-0.05, 0) is 41.8 Å². The summed E-state index contributed by atoms with van der Waals surface area (Å²) in [4.78, 5) is 38.9. The van der Waals surface area contributed by atoms with Crippen LogP contribution in [0.2, 0.25) is 0 Å². The van der Waals surface area contributed by atoms with Gasteiger partial charge in [-0.15, -0.1) is 0 Å². The minimum Gasteiger partial charge on any atom is -0.481 e. The number of carboxylic acid groups (broad SMARTS) is 3. The minimum absolute atomic E-state index is 0.566. The highest BCUT2D eigenvalue weighted by Crippen LogP contribution is 2.18. The van der Waals surface area contributed by atoms with E-state index in [1.807, 2.05) is 24.9 Å². The number of hydrogen-bond acceptors (Lipinski definition) is 7. The number of aryl methyl sites for hydroxylation is 1. The van der Waals surface area contributed by atoms with Crippen LogP contribution in [0.1, 0.15) is 30.4 Å². The fourth-order valence-electron chi connectivity index (χ4n) is 3.88. The highest BCUT2D eigenvalue weighted by molar-refractivity contribution is 5.88. The maximum Gasteiger partial charge on any atom is 0.336 e. The molecule has 0 aliphatic rings. The van der Waals surface area contributed by atoms with Crippen LogP contribution in [0.15, 0.2) is 61.2 Å². The number of hydrogen-bond donors (Lipinski definition) is 4. The van der Waals surface area contributed by atoms with Crippen LogP contribution in [0.5, 0.6) is 0 Å². The molecule has 0 saturated heterocycles. The van der Waals surface area contributed by atoms with Gasteiger partial charge in [0.25, 0.3) is 0 Å². The number of halogens is 2. The molecule has 11 nitrogen and oxygen atoms in total. The van der Waals surface area contributed by atoms with Crippen molar-refractivity contribution in [1.82, 2.24) is 14.5 Å². The van der Waals surface area contributed by atoms with Crippen LogP contribution < -0.4 is 4.90 Å². The van der Waals surface area contributed by atoms with Crippen molar-refractivity contribution in [3.8, 4) is 0 Å². The highest BCUT2D eigenvalue weighted by Gasteiger charge is 2.40. The lowest BCUT2D eigenvalue weighted by molar-refractivity contribution is -0.170. The van der Waals surface area contributed by atoms with Crippen LogP contribution in [0.25, 0.3) is 0 Å². The number of nitrogens with zero attached hydrogens (tertiary/aromatic N) is 4. The molecule has 2 aromatic carbocycles. The molecule has 0 bridgehead atoms. The number of anilines is 1. The predicted molar refractivity (Wildman–Crippen MR) is 145 cm³/mol. The molecule has 222 valence electrons. The second kappa shape index (κ2) is 15.4. The fraction of sp³-hybridized carbons (Fsp3) is 0.357. The van der Waals surface area contributed by atoms with Crippen molar-refractivity contribution in [1.29, 1.82) is 0 Å². The summed E-state index contributed by atoms with van der Waals surface area (Å²) in [6, 6.07) is 12.5. The third-order valence-corrected chi connectivity index (χ3v) is 5.98. The fourth-order valence-corrected chi connectivity index (χ4v) is 3.88. The zero-order valence-electron chi connectivity index (χ0n) is 22.8. The Morgan fingerprint density at radius 1 is 0.902 bits per heavy atom. The van der Waals surface area contributed by atoms with Gasteiger partial charge >= 0.3 is 17.9 Å². The average Bonchev–Trinajstić information content (AvgIpc) is 3.39. The number of carboxylic acids is 3. The Kier molecular flexibility index (Phi) is 12.4. The summed E-state index contributed by atoms with van der Waals surface area (Å²) < 4.78 is 28.9. The number of aromatic nitrogens is 2. The van der Waals surface area contributed by atoms with Crippen molar-refractivity contribution in [3.05, 3.63) is 83.9 Å². The Morgan fingerprint density at radius 2 is 1.49 bits per heavy atom. The lowest BCUT2D eigenvalue weighted by atomic mass is 9.96. The molecule has 0 atom stereocenters. The van der Waals surface area contributed by atoms with E-state index < -0.39 is 48.0 Å². The van der Waals surface area contributed by atoms with Crippen molar-refractivity contribution in [3.63, 3.8) is 0 Å². The summed E-state index contributed by atoms with van der Waals surface area (Å²) >= 11 is 0. The van der Waals surface area contributed by atoms with Crippen LogP contribution in [0.4, 0.5) is 14.5 Å². The molecule has 0 saturated carbocycles. The number of benzene rings is 2. The van der Waals surface area contributed by atoms with E-state index in [0.717, 1.165) is 37.3 Å². The number of aliphatic hydroxyl groups is 1. The third kappa shape index (κ3) is 11.3. The zero-order chi connectivity index (χ0) is 30.6. The summed E-state index contributed by atoms with van der Waals surface area (Å²) in [6.07, 6.45) is 4.17. The van der Waals surface area contributed by atoms with E-state index in [2.05, 4.69) is 39.0 Å². The Balaban J connectivity index is 0.000000383. The largest absolute Gasteiger partial charge is 0.481 e. The van der Waals surface area contributed by atoms with Crippen LogP contribution in [-0.2, 0) is 34.0 Å². The van der Waals surface area contributed by atoms with Gasteiger partial charge in [0, 0.05) is 58.4 Å². The Morgan fingerprint density at radius 3 is 1.98 bits per heavy atom. The van der Waals surface area contributed by atoms with Gasteiger partial charge in [-0.1, -0.05) is 18.2 Å². The first-order valence-corrected chi connectivity index (χ1v) is 12.6. The molecule has 3 rings (SSSR count). The molecule has 0 aliphatic carbocycles. The zero-order valence-corrected chi connectivity index (χ0v) is 22.8. The van der Waals surface area contributed by atoms with Crippen molar-refractivity contribution in [2.75, 3.05) is 25.5 Å². The Bertz CT molecular complexity index is 1270. The monoisotopic (exact) mass is 576 g/mol. The number of rotatable bonds is 14. The standard InChI is InChI=1S/C22H26F2N4.C6H8O7/c1-26(2)20-7-4-18(5-8-20)15-28(12-3-11-27-13-10-25-17-27)16-19-6-9-21(23)22(24)14-19;7-3(8)1-6(13,5(11)12)2-4(9)10/h4-10,13-14,17H,3,11-12,15-16H2,1-2H3;13H,1-2H2,(H,7,8)(H,9,10)(H,11,12). The maximum atomic E-state index is 13.6. The summed E-state index contributed by atoms with van der Waals surface area (Å²) in [5.41, 5.74) is 0.371. The van der Waals surface area contributed by atoms with Crippen LogP contribution in [0.3, 0.4) is 0 Å². The van der Waals surface area contributed by atoms with Crippen LogP contribution in [0, 0.1) is 11.6 Å². The quantitative estimate of drug-likeness (QED) is 0.225. The van der Waals surface area contributed by atoms with E-state index in [-0.39, 0.29) is 0 Å². The third-order valence-electron chi connectivity index (χ3n) is 5.98. The first-order chi connectivity index (χ1) is 19.3. The smallest absolute Gasteiger partial charge is 0.336 e. The highest BCUT2D eigenvalue weighted by atomic mass is 19.2. The Hall–Kier alpha value is -4.36. The SMILES string of the molecule is CN(C)c1ccc(CN(CCCn2ccnc2)Cc2ccc(F)c(F)c2)cc1.O=C(O)CC(O)(CC(=O)O)C(=O)O. The summed E-state index contributed by atoms with van der Waals surface area (Å²) in [5, 5.41) is 33.8. The van der Waals surface area contributed by atoms with E-state index in [0.29, 0.717) is 6.54 Å². The van der Waals surface area contributed by atoms with E-state index >= 15 is 0 Å². The van der Waals surface area contributed by atoms with Gasteiger partial charge in [-0.2, -0.15) is 0 Å². The lowest BCUT2D eigenvalue weighted by Gasteiger charge is -2.23. The molecule has 13 heteroatoms. The molecule has 0 amide bonds. The molecule has 1 heterocycles. The number of aliphatic carboxylic acids is 3. The van der Waals surface area contributed by atoms with Crippen molar-refractivity contribution < 1.29 is 43.6 Å². The molecule has 3 aromatic rings. The van der Waals surface area contributed by atoms with Gasteiger partial charge in [-0.3, -0.25) is 14.5 Å². The van der Waals surface area contributed by atoms with Crippen molar-refractivity contribution in [2.24, 2.45) is 0 Å². The first kappa shape index (κ1) is 32.8. The second-order valence-corrected chi connectivity index (χ2v) is 9.65. The topological polar surface area (TPSA) is 156 Å². The predicted octanol–water partition coefficient (Wildman–Crippen LogP) is 3.07. The lowest BCUT2D eigenvalue weighted by Crippen LogP contribution is -2.42. The van der Waals surface area contributed by atoms with E-state index in [1.54, 1.807) is 18.6 Å². The maximum absolute atomic E-state index is 13.6. The normalized spacial score (nSPS) is 11.1.